The molecule has 1 heterocycles. The zero-order chi connectivity index (χ0) is 18.4. The summed E-state index contributed by atoms with van der Waals surface area (Å²) in [5.41, 5.74) is 0.263. The summed E-state index contributed by atoms with van der Waals surface area (Å²) in [5.74, 6) is 0.412. The molecule has 0 spiro atoms. The number of ether oxygens (including phenoxy) is 1. The Kier molecular flexibility index (Phi) is 6.63. The Labute approximate surface area is 155 Å². The van der Waals surface area contributed by atoms with Gasteiger partial charge in [-0.25, -0.2) is 18.2 Å². The third-order valence-corrected chi connectivity index (χ3v) is 5.98. The normalized spacial score (nSPS) is 11.2. The van der Waals surface area contributed by atoms with Gasteiger partial charge in [0.25, 0.3) is 0 Å². The molecule has 0 fully saturated rings. The second kappa shape index (κ2) is 8.50. The van der Waals surface area contributed by atoms with E-state index in [1.165, 1.54) is 24.4 Å². The molecule has 0 atom stereocenters. The van der Waals surface area contributed by atoms with Gasteiger partial charge in [-0.15, -0.1) is 0 Å². The molecule has 0 aliphatic heterocycles. The van der Waals surface area contributed by atoms with Crippen molar-refractivity contribution in [2.24, 2.45) is 0 Å². The van der Waals surface area contributed by atoms with Crippen LogP contribution in [0.3, 0.4) is 0 Å². The number of nitrogens with zero attached hydrogens (tertiary/aromatic N) is 1. The van der Waals surface area contributed by atoms with Crippen LogP contribution in [0.15, 0.2) is 29.3 Å². The molecule has 0 aliphatic carbocycles. The first-order valence-electron chi connectivity index (χ1n) is 7.54. The van der Waals surface area contributed by atoms with Crippen molar-refractivity contribution in [2.45, 2.75) is 25.2 Å². The van der Waals surface area contributed by atoms with Crippen molar-refractivity contribution in [1.29, 1.82) is 0 Å². The lowest BCUT2D eigenvalue weighted by Crippen LogP contribution is -2.20. The molecule has 10 heteroatoms. The highest BCUT2D eigenvalue weighted by Crippen LogP contribution is 2.29. The van der Waals surface area contributed by atoms with Crippen LogP contribution in [-0.2, 0) is 9.84 Å². The molecule has 2 amide bonds. The Morgan fingerprint density at radius 2 is 2.08 bits per heavy atom. The molecule has 1 aromatic carbocycles. The third-order valence-electron chi connectivity index (χ3n) is 3.03. The number of hydrogen-bond donors (Lipinski definition) is 2. The maximum atomic E-state index is 12.2. The van der Waals surface area contributed by atoms with Gasteiger partial charge in [0.05, 0.1) is 29.1 Å². The number of rotatable bonds is 7. The summed E-state index contributed by atoms with van der Waals surface area (Å²) < 4.78 is 30.4. The Morgan fingerprint density at radius 3 is 2.68 bits per heavy atom. The second-order valence-electron chi connectivity index (χ2n) is 4.96. The number of hydrogen-bond acceptors (Lipinski definition) is 6. The van der Waals surface area contributed by atoms with Crippen LogP contribution in [0.4, 0.5) is 15.6 Å². The van der Waals surface area contributed by atoms with Crippen molar-refractivity contribution < 1.29 is 17.9 Å². The van der Waals surface area contributed by atoms with Crippen LogP contribution < -0.4 is 15.4 Å². The van der Waals surface area contributed by atoms with Crippen LogP contribution in [-0.4, -0.2) is 31.8 Å². The number of carbonyl (C=O) groups excluding carboxylic acids is 1. The minimum atomic E-state index is -3.41. The van der Waals surface area contributed by atoms with Gasteiger partial charge in [0.15, 0.2) is 15.0 Å². The Morgan fingerprint density at radius 1 is 1.32 bits per heavy atom. The number of halogens is 1. The van der Waals surface area contributed by atoms with Crippen molar-refractivity contribution >= 4 is 49.6 Å². The molecular formula is C15H18ClN3O4S2. The van der Waals surface area contributed by atoms with Gasteiger partial charge in [-0.2, -0.15) is 0 Å². The number of anilines is 2. The second-order valence-corrected chi connectivity index (χ2v) is 8.73. The molecule has 0 bridgehead atoms. The average Bonchev–Trinajstić information content (AvgIpc) is 2.94. The highest BCUT2D eigenvalue weighted by atomic mass is 35.5. The molecule has 1 aromatic heterocycles. The zero-order valence-electron chi connectivity index (χ0n) is 13.7. The molecule has 0 saturated carbocycles. The minimum Gasteiger partial charge on any atom is -0.492 e. The summed E-state index contributed by atoms with van der Waals surface area (Å²) in [6.45, 7) is 3.96. The van der Waals surface area contributed by atoms with Crippen molar-refractivity contribution in [3.05, 3.63) is 28.7 Å². The molecule has 7 nitrogen and oxygen atoms in total. The van der Waals surface area contributed by atoms with E-state index in [9.17, 15) is 13.2 Å². The Bertz CT molecular complexity index is 852. The molecule has 2 N–H and O–H groups in total. The summed E-state index contributed by atoms with van der Waals surface area (Å²) in [5, 5.41) is 5.45. The Balaban J connectivity index is 2.25. The number of benzene rings is 1. The molecule has 25 heavy (non-hydrogen) atoms. The summed E-state index contributed by atoms with van der Waals surface area (Å²) in [7, 11) is -3.41. The molecule has 0 saturated heterocycles. The monoisotopic (exact) mass is 403 g/mol. The summed E-state index contributed by atoms with van der Waals surface area (Å²) in [6, 6.07) is 3.82. The maximum absolute atomic E-state index is 12.2. The fourth-order valence-corrected chi connectivity index (χ4v) is 4.18. The van der Waals surface area contributed by atoms with Crippen LogP contribution in [0.5, 0.6) is 5.75 Å². The summed E-state index contributed by atoms with van der Waals surface area (Å²) in [6.07, 6.45) is 1.93. The fraction of sp³-hybridized carbons (Fsp3) is 0.333. The molecule has 0 unspecified atom stereocenters. The first-order chi connectivity index (χ1) is 11.9. The van der Waals surface area contributed by atoms with Gasteiger partial charge in [0.2, 0.25) is 0 Å². The molecule has 0 aliphatic rings. The quantitative estimate of drug-likeness (QED) is 0.727. The van der Waals surface area contributed by atoms with E-state index in [0.717, 1.165) is 11.3 Å². The third kappa shape index (κ3) is 5.32. The molecule has 2 aromatic rings. The van der Waals surface area contributed by atoms with Crippen molar-refractivity contribution in [3.8, 4) is 5.75 Å². The number of carbonyl (C=O) groups is 1. The fourth-order valence-electron chi connectivity index (χ4n) is 2.03. The lowest BCUT2D eigenvalue weighted by atomic mass is 10.3. The molecular weight excluding hydrogens is 386 g/mol. The largest absolute Gasteiger partial charge is 0.492 e. The highest BCUT2D eigenvalue weighted by Gasteiger charge is 2.17. The number of aromatic nitrogens is 1. The topological polar surface area (TPSA) is 97.4 Å². The van der Waals surface area contributed by atoms with E-state index in [1.54, 1.807) is 13.8 Å². The summed E-state index contributed by atoms with van der Waals surface area (Å²) >= 11 is 6.88. The average molecular weight is 404 g/mol. The van der Waals surface area contributed by atoms with Gasteiger partial charge in [-0.05, 0) is 31.5 Å². The first kappa shape index (κ1) is 19.5. The van der Waals surface area contributed by atoms with Crippen LogP contribution in [0.2, 0.25) is 4.34 Å². The predicted molar refractivity (Wildman–Crippen MR) is 99.7 cm³/mol. The van der Waals surface area contributed by atoms with Crippen molar-refractivity contribution in [2.75, 3.05) is 23.0 Å². The Hall–Kier alpha value is -1.84. The number of amides is 2. The van der Waals surface area contributed by atoms with Gasteiger partial charge in [0.1, 0.15) is 10.1 Å². The van der Waals surface area contributed by atoms with E-state index < -0.39 is 15.9 Å². The molecule has 2 rings (SSSR count). The van der Waals surface area contributed by atoms with Crippen LogP contribution in [0, 0.1) is 0 Å². The lowest BCUT2D eigenvalue weighted by Gasteiger charge is -2.13. The van der Waals surface area contributed by atoms with E-state index in [4.69, 9.17) is 16.3 Å². The number of sulfone groups is 1. The van der Waals surface area contributed by atoms with Crippen LogP contribution in [0.25, 0.3) is 0 Å². The number of urea groups is 1. The van der Waals surface area contributed by atoms with E-state index in [2.05, 4.69) is 15.6 Å². The maximum Gasteiger partial charge on any atom is 0.325 e. The highest BCUT2D eigenvalue weighted by molar-refractivity contribution is 7.91. The van der Waals surface area contributed by atoms with Gasteiger partial charge in [-0.1, -0.05) is 29.9 Å². The van der Waals surface area contributed by atoms with Crippen molar-refractivity contribution in [3.63, 3.8) is 0 Å². The van der Waals surface area contributed by atoms with Crippen LogP contribution in [0.1, 0.15) is 20.3 Å². The van der Waals surface area contributed by atoms with Crippen LogP contribution >= 0.6 is 22.9 Å². The summed E-state index contributed by atoms with van der Waals surface area (Å²) in [4.78, 5) is 16.2. The lowest BCUT2D eigenvalue weighted by molar-refractivity contribution is 0.262. The predicted octanol–water partition coefficient (Wildman–Crippen LogP) is 4.02. The van der Waals surface area contributed by atoms with E-state index >= 15 is 0 Å². The number of thiazole rings is 1. The SMILES string of the molecule is CCCS(=O)(=O)c1ccc(OCC)c(NC(=O)Nc2ncc(Cl)s2)c1. The van der Waals surface area contributed by atoms with E-state index in [-0.39, 0.29) is 16.3 Å². The van der Waals surface area contributed by atoms with E-state index in [0.29, 0.717) is 28.2 Å². The standard InChI is InChI=1S/C15H18ClN3O4S2/c1-3-7-25(21,22)10-5-6-12(23-4-2)11(8-10)18-14(20)19-15-17-9-13(16)24-15/h5-6,8-9H,3-4,7H2,1-2H3,(H2,17,18,19,20). The smallest absolute Gasteiger partial charge is 0.325 e. The molecule has 136 valence electrons. The van der Waals surface area contributed by atoms with Gasteiger partial charge >= 0.3 is 6.03 Å². The van der Waals surface area contributed by atoms with Crippen molar-refractivity contribution in [1.82, 2.24) is 4.98 Å². The zero-order valence-corrected chi connectivity index (χ0v) is 16.1. The van der Waals surface area contributed by atoms with Gasteiger partial charge < -0.3 is 10.1 Å². The van der Waals surface area contributed by atoms with Gasteiger partial charge in [0, 0.05) is 0 Å². The number of nitrogens with one attached hydrogen (secondary N) is 2. The minimum absolute atomic E-state index is 0.0320. The first-order valence-corrected chi connectivity index (χ1v) is 10.4. The van der Waals surface area contributed by atoms with Gasteiger partial charge in [-0.3, -0.25) is 5.32 Å². The van der Waals surface area contributed by atoms with E-state index in [1.807, 2.05) is 0 Å². The molecule has 0 radical (unpaired) electrons.